The fourth-order valence-electron chi connectivity index (χ4n) is 3.31. The summed E-state index contributed by atoms with van der Waals surface area (Å²) in [7, 11) is 0. The maximum atomic E-state index is 11.6. The van der Waals surface area contributed by atoms with E-state index in [0.717, 1.165) is 12.8 Å². The Morgan fingerprint density at radius 3 is 2.71 bits per heavy atom. The van der Waals surface area contributed by atoms with E-state index in [1.54, 1.807) is 0 Å². The molecule has 2 aliphatic rings. The van der Waals surface area contributed by atoms with Crippen LogP contribution in [0.1, 0.15) is 42.9 Å². The van der Waals surface area contributed by atoms with Gasteiger partial charge in [0.2, 0.25) is 5.91 Å². The molecule has 0 saturated heterocycles. The van der Waals surface area contributed by atoms with Gasteiger partial charge in [-0.25, -0.2) is 4.79 Å². The van der Waals surface area contributed by atoms with Crippen molar-refractivity contribution in [2.24, 2.45) is 5.73 Å². The lowest BCUT2D eigenvalue weighted by Gasteiger charge is -2.29. The van der Waals surface area contributed by atoms with E-state index >= 15 is 0 Å². The molecular weight excluding hydrogens is 266 g/mol. The third kappa shape index (κ3) is 3.24. The van der Waals surface area contributed by atoms with Crippen LogP contribution in [0.3, 0.4) is 0 Å². The largest absolute Gasteiger partial charge is 0.351 e. The zero-order valence-electron chi connectivity index (χ0n) is 12.0. The fourth-order valence-corrected chi connectivity index (χ4v) is 3.31. The molecule has 0 aliphatic heterocycles. The van der Waals surface area contributed by atoms with Crippen molar-refractivity contribution in [3.8, 4) is 0 Å². The van der Waals surface area contributed by atoms with Crippen LogP contribution >= 0.6 is 0 Å². The van der Waals surface area contributed by atoms with Gasteiger partial charge in [-0.05, 0) is 36.8 Å². The summed E-state index contributed by atoms with van der Waals surface area (Å²) < 4.78 is 0. The van der Waals surface area contributed by atoms with Crippen LogP contribution in [0.4, 0.5) is 4.79 Å². The van der Waals surface area contributed by atoms with Crippen molar-refractivity contribution in [1.29, 1.82) is 0 Å². The first-order valence-electron chi connectivity index (χ1n) is 7.58. The Hall–Kier alpha value is -1.88. The minimum Gasteiger partial charge on any atom is -0.351 e. The normalized spacial score (nSPS) is 20.3. The van der Waals surface area contributed by atoms with Crippen molar-refractivity contribution in [3.05, 3.63) is 35.4 Å². The molecule has 5 heteroatoms. The van der Waals surface area contributed by atoms with Gasteiger partial charge in [-0.15, -0.1) is 0 Å². The van der Waals surface area contributed by atoms with Gasteiger partial charge in [0.05, 0.1) is 0 Å². The SMILES string of the molecule is NC(=O)NC(=O)CCN(C1CC1)[C@H]1CCc2ccccc21. The minimum atomic E-state index is -0.774. The van der Waals surface area contributed by atoms with Crippen LogP contribution in [0, 0.1) is 0 Å². The van der Waals surface area contributed by atoms with Gasteiger partial charge in [-0.3, -0.25) is 15.0 Å². The highest BCUT2D eigenvalue weighted by atomic mass is 16.2. The molecule has 0 unspecified atom stereocenters. The standard InChI is InChI=1S/C16H21N3O2/c17-16(21)18-15(20)9-10-19(12-6-7-12)14-8-5-11-3-1-2-4-13(11)14/h1-4,12,14H,5-10H2,(H3,17,18,20,21)/t14-/m0/s1. The number of rotatable bonds is 5. The van der Waals surface area contributed by atoms with E-state index in [4.69, 9.17) is 5.73 Å². The van der Waals surface area contributed by atoms with Gasteiger partial charge < -0.3 is 5.73 Å². The number of primary amides is 1. The van der Waals surface area contributed by atoms with E-state index in [2.05, 4.69) is 34.5 Å². The van der Waals surface area contributed by atoms with Crippen molar-refractivity contribution in [1.82, 2.24) is 10.2 Å². The first-order chi connectivity index (χ1) is 10.1. The molecule has 0 spiro atoms. The van der Waals surface area contributed by atoms with Gasteiger partial charge >= 0.3 is 6.03 Å². The van der Waals surface area contributed by atoms with Crippen molar-refractivity contribution in [2.45, 2.75) is 44.2 Å². The number of carbonyl (C=O) groups excluding carboxylic acids is 2. The molecule has 2 aliphatic carbocycles. The predicted molar refractivity (Wildman–Crippen MR) is 79.6 cm³/mol. The van der Waals surface area contributed by atoms with Crippen LogP contribution in [-0.2, 0) is 11.2 Å². The molecule has 3 N–H and O–H groups in total. The van der Waals surface area contributed by atoms with Crippen molar-refractivity contribution >= 4 is 11.9 Å². The van der Waals surface area contributed by atoms with E-state index in [1.165, 1.54) is 24.0 Å². The molecule has 21 heavy (non-hydrogen) atoms. The highest BCUT2D eigenvalue weighted by Crippen LogP contribution is 2.41. The molecule has 5 nitrogen and oxygen atoms in total. The number of urea groups is 1. The molecule has 1 atom stereocenters. The number of hydrogen-bond acceptors (Lipinski definition) is 3. The van der Waals surface area contributed by atoms with Crippen LogP contribution < -0.4 is 11.1 Å². The molecular formula is C16H21N3O2. The Bertz CT molecular complexity index is 554. The Morgan fingerprint density at radius 2 is 2.00 bits per heavy atom. The number of benzene rings is 1. The molecule has 0 aromatic heterocycles. The van der Waals surface area contributed by atoms with E-state index in [0.29, 0.717) is 25.0 Å². The summed E-state index contributed by atoms with van der Waals surface area (Å²) >= 11 is 0. The second-order valence-corrected chi connectivity index (χ2v) is 5.88. The number of imide groups is 1. The van der Waals surface area contributed by atoms with E-state index < -0.39 is 6.03 Å². The lowest BCUT2D eigenvalue weighted by atomic mass is 10.1. The van der Waals surface area contributed by atoms with E-state index in [1.807, 2.05) is 0 Å². The van der Waals surface area contributed by atoms with Gasteiger partial charge in [0.25, 0.3) is 0 Å². The third-order valence-electron chi connectivity index (χ3n) is 4.38. The molecule has 3 rings (SSSR count). The molecule has 112 valence electrons. The summed E-state index contributed by atoms with van der Waals surface area (Å²) in [6.45, 7) is 0.683. The Kier molecular flexibility index (Phi) is 3.92. The van der Waals surface area contributed by atoms with Crippen molar-refractivity contribution in [3.63, 3.8) is 0 Å². The number of hydrogen-bond donors (Lipinski definition) is 2. The summed E-state index contributed by atoms with van der Waals surface area (Å²) in [6, 6.07) is 8.79. The first kappa shape index (κ1) is 14.1. The molecule has 0 radical (unpaired) electrons. The monoisotopic (exact) mass is 287 g/mol. The van der Waals surface area contributed by atoms with Crippen LogP contribution in [0.2, 0.25) is 0 Å². The van der Waals surface area contributed by atoms with Crippen LogP contribution in [0.15, 0.2) is 24.3 Å². The Morgan fingerprint density at radius 1 is 1.24 bits per heavy atom. The molecule has 1 aromatic rings. The Balaban J connectivity index is 1.66. The van der Waals surface area contributed by atoms with Crippen molar-refractivity contribution in [2.75, 3.05) is 6.54 Å². The summed E-state index contributed by atoms with van der Waals surface area (Å²) in [5.74, 6) is -0.292. The fraction of sp³-hybridized carbons (Fsp3) is 0.500. The summed E-state index contributed by atoms with van der Waals surface area (Å²) in [6.07, 6.45) is 4.95. The number of nitrogens with zero attached hydrogens (tertiary/aromatic N) is 1. The number of aryl methyl sites for hydroxylation is 1. The molecule has 0 bridgehead atoms. The van der Waals surface area contributed by atoms with Gasteiger partial charge in [0.1, 0.15) is 0 Å². The number of nitrogens with two attached hydrogens (primary N) is 1. The average Bonchev–Trinajstić information content (AvgIpc) is 3.19. The average molecular weight is 287 g/mol. The minimum absolute atomic E-state index is 0.292. The summed E-state index contributed by atoms with van der Waals surface area (Å²) in [4.78, 5) is 24.8. The van der Waals surface area contributed by atoms with Gasteiger partial charge in [-0.2, -0.15) is 0 Å². The number of fused-ring (bicyclic) bond motifs is 1. The predicted octanol–water partition coefficient (Wildman–Crippen LogP) is 1.72. The Labute approximate surface area is 124 Å². The van der Waals surface area contributed by atoms with Gasteiger partial charge in [0.15, 0.2) is 0 Å². The molecule has 1 fully saturated rings. The lowest BCUT2D eigenvalue weighted by molar-refractivity contribution is -0.120. The zero-order valence-corrected chi connectivity index (χ0v) is 12.0. The van der Waals surface area contributed by atoms with Gasteiger partial charge in [0, 0.05) is 25.0 Å². The highest BCUT2D eigenvalue weighted by Gasteiger charge is 2.37. The molecule has 1 aromatic carbocycles. The highest BCUT2D eigenvalue weighted by molar-refractivity contribution is 5.93. The second kappa shape index (κ2) is 5.85. The van der Waals surface area contributed by atoms with Crippen LogP contribution in [0.5, 0.6) is 0 Å². The topological polar surface area (TPSA) is 75.4 Å². The molecule has 1 saturated carbocycles. The van der Waals surface area contributed by atoms with Crippen LogP contribution in [-0.4, -0.2) is 29.4 Å². The van der Waals surface area contributed by atoms with E-state index in [9.17, 15) is 9.59 Å². The van der Waals surface area contributed by atoms with E-state index in [-0.39, 0.29) is 5.91 Å². The van der Waals surface area contributed by atoms with Gasteiger partial charge in [-0.1, -0.05) is 24.3 Å². The summed E-state index contributed by atoms with van der Waals surface area (Å²) in [5, 5.41) is 2.14. The van der Waals surface area contributed by atoms with Crippen molar-refractivity contribution < 1.29 is 9.59 Å². The second-order valence-electron chi connectivity index (χ2n) is 5.88. The quantitative estimate of drug-likeness (QED) is 0.866. The number of carbonyl (C=O) groups is 2. The molecule has 3 amide bonds. The molecule has 0 heterocycles. The first-order valence-corrected chi connectivity index (χ1v) is 7.58. The summed E-state index contributed by atoms with van der Waals surface area (Å²) in [5.41, 5.74) is 7.80. The number of amides is 3. The smallest absolute Gasteiger partial charge is 0.318 e. The van der Waals surface area contributed by atoms with Crippen LogP contribution in [0.25, 0.3) is 0 Å². The number of nitrogens with one attached hydrogen (secondary N) is 1. The zero-order chi connectivity index (χ0) is 14.8. The maximum Gasteiger partial charge on any atom is 0.318 e. The lowest BCUT2D eigenvalue weighted by Crippen LogP contribution is -2.38. The third-order valence-corrected chi connectivity index (χ3v) is 4.38. The maximum absolute atomic E-state index is 11.6.